The minimum atomic E-state index is -1.83. The highest BCUT2D eigenvalue weighted by molar-refractivity contribution is 5.98. The summed E-state index contributed by atoms with van der Waals surface area (Å²) in [6.45, 7) is 2.02. The maximum absolute atomic E-state index is 13.9. The summed E-state index contributed by atoms with van der Waals surface area (Å²) in [6, 6.07) is -11.0. The molecule has 0 saturated heterocycles. The van der Waals surface area contributed by atoms with Crippen LogP contribution in [0.5, 0.6) is 0 Å². The van der Waals surface area contributed by atoms with E-state index < -0.39 is 140 Å². The Morgan fingerprint density at radius 2 is 0.901 bits per heavy atom. The van der Waals surface area contributed by atoms with Gasteiger partial charge in [0.25, 0.3) is 0 Å². The zero-order valence-electron chi connectivity index (χ0n) is 40.0. The van der Waals surface area contributed by atoms with Crippen LogP contribution >= 0.6 is 0 Å². The highest BCUT2D eigenvalue weighted by Gasteiger charge is 2.35. The van der Waals surface area contributed by atoms with Gasteiger partial charge >= 0.3 is 5.97 Å². The molecular weight excluding hydrogens is 943 g/mol. The average molecular weight is 1020 g/mol. The molecule has 0 aromatic carbocycles. The lowest BCUT2D eigenvalue weighted by Gasteiger charge is -2.27. The number of aliphatic hydroxyl groups excluding tert-OH is 2. The minimum Gasteiger partial charge on any atom is -0.480 e. The van der Waals surface area contributed by atoms with E-state index >= 15 is 0 Å². The maximum atomic E-state index is 13.9. The molecule has 0 aliphatic carbocycles. The fourth-order valence-corrected chi connectivity index (χ4v) is 6.11. The number of nitrogens with zero attached hydrogens (tertiary/aromatic N) is 3. The second-order valence-electron chi connectivity index (χ2n) is 16.0. The van der Waals surface area contributed by atoms with Crippen LogP contribution in [0.25, 0.3) is 0 Å². The molecule has 71 heavy (non-hydrogen) atoms. The van der Waals surface area contributed by atoms with Crippen molar-refractivity contribution in [3.05, 3.63) is 0 Å². The lowest BCUT2D eigenvalue weighted by atomic mass is 9.99. The van der Waals surface area contributed by atoms with Crippen molar-refractivity contribution in [2.24, 2.45) is 66.8 Å². The third-order valence-corrected chi connectivity index (χ3v) is 10.1. The number of aliphatic carboxylic acids is 1. The molecule has 32 nitrogen and oxygen atoms in total. The van der Waals surface area contributed by atoms with Crippen LogP contribution in [0, 0.1) is 5.92 Å². The summed E-state index contributed by atoms with van der Waals surface area (Å²) >= 11 is 0. The number of carboxylic acids is 1. The van der Waals surface area contributed by atoms with Gasteiger partial charge in [-0.25, -0.2) is 4.79 Å². The van der Waals surface area contributed by atoms with Crippen molar-refractivity contribution in [1.29, 1.82) is 0 Å². The van der Waals surface area contributed by atoms with E-state index in [0.29, 0.717) is 6.42 Å². The van der Waals surface area contributed by atoms with Crippen molar-refractivity contribution >= 4 is 77.0 Å². The number of nitrogens with one attached hydrogen (secondary N) is 8. The molecule has 0 rings (SSSR count). The summed E-state index contributed by atoms with van der Waals surface area (Å²) in [5, 5.41) is 48.4. The van der Waals surface area contributed by atoms with Gasteiger partial charge < -0.3 is 104 Å². The Labute approximate surface area is 408 Å². The summed E-state index contributed by atoms with van der Waals surface area (Å²) in [7, 11) is 0. The van der Waals surface area contributed by atoms with Crippen LogP contribution in [0.3, 0.4) is 0 Å². The highest BCUT2D eigenvalue weighted by Crippen LogP contribution is 2.10. The number of amides is 9. The van der Waals surface area contributed by atoms with E-state index in [-0.39, 0.29) is 76.0 Å². The van der Waals surface area contributed by atoms with Gasteiger partial charge in [-0.05, 0) is 51.4 Å². The van der Waals surface area contributed by atoms with E-state index in [0.717, 1.165) is 6.92 Å². The van der Waals surface area contributed by atoms with Crippen molar-refractivity contribution < 1.29 is 63.3 Å². The summed E-state index contributed by atoms with van der Waals surface area (Å²) in [5.74, 6) is -11.9. The number of carbonyl (C=O) groups excluding carboxylic acids is 9. The Morgan fingerprint density at radius 1 is 0.521 bits per heavy atom. The monoisotopic (exact) mass is 1020 g/mol. The molecule has 0 aliphatic heterocycles. The Morgan fingerprint density at radius 3 is 1.30 bits per heavy atom. The number of aliphatic imine (C=N–C) groups is 3. The van der Waals surface area contributed by atoms with E-state index in [2.05, 4.69) is 57.5 Å². The molecular formula is C39H73N19O13. The van der Waals surface area contributed by atoms with Crippen LogP contribution in [0.4, 0.5) is 0 Å². The Balaban J connectivity index is 6.49. The minimum absolute atomic E-state index is 0.0125. The number of hydrogen-bond acceptors (Lipinski definition) is 16. The van der Waals surface area contributed by atoms with Gasteiger partial charge in [-0.1, -0.05) is 20.3 Å². The molecule has 27 N–H and O–H groups in total. The predicted octanol–water partition coefficient (Wildman–Crippen LogP) is -10.0. The number of nitrogens with two attached hydrogens (primary N) is 8. The first-order valence-corrected chi connectivity index (χ1v) is 22.3. The Hall–Kier alpha value is -7.61. The van der Waals surface area contributed by atoms with Crippen LogP contribution in [0.1, 0.15) is 72.1 Å². The third kappa shape index (κ3) is 26.7. The van der Waals surface area contributed by atoms with Crippen molar-refractivity contribution in [3.8, 4) is 0 Å². The maximum Gasteiger partial charge on any atom is 0.326 e. The van der Waals surface area contributed by atoms with Gasteiger partial charge in [-0.15, -0.1) is 0 Å². The van der Waals surface area contributed by atoms with E-state index in [1.54, 1.807) is 13.8 Å². The summed E-state index contributed by atoms with van der Waals surface area (Å²) in [6.07, 6.45) is -2.23. The number of aliphatic hydroxyl groups is 2. The van der Waals surface area contributed by atoms with Crippen molar-refractivity contribution in [2.45, 2.75) is 121 Å². The van der Waals surface area contributed by atoms with Crippen molar-refractivity contribution in [2.75, 3.05) is 39.3 Å². The number of carboxylic acid groups (broad SMARTS) is 1. The molecule has 0 aromatic heterocycles. The molecule has 9 atom stereocenters. The number of carbonyl (C=O) groups is 10. The molecule has 0 saturated carbocycles. The average Bonchev–Trinajstić information content (AvgIpc) is 3.29. The number of guanidine groups is 3. The molecule has 9 amide bonds. The van der Waals surface area contributed by atoms with Crippen molar-refractivity contribution in [1.82, 2.24) is 42.5 Å². The Bertz CT molecular complexity index is 1910. The first-order chi connectivity index (χ1) is 33.3. The summed E-state index contributed by atoms with van der Waals surface area (Å²) in [5.41, 5.74) is 43.0. The molecule has 0 unspecified atom stereocenters. The van der Waals surface area contributed by atoms with E-state index in [4.69, 9.17) is 45.9 Å². The number of hydrogen-bond donors (Lipinski definition) is 19. The van der Waals surface area contributed by atoms with Crippen molar-refractivity contribution in [3.63, 3.8) is 0 Å². The van der Waals surface area contributed by atoms with Gasteiger partial charge in [0.1, 0.15) is 42.3 Å². The zero-order chi connectivity index (χ0) is 54.4. The van der Waals surface area contributed by atoms with E-state index in [1.165, 1.54) is 0 Å². The summed E-state index contributed by atoms with van der Waals surface area (Å²) < 4.78 is 0. The van der Waals surface area contributed by atoms with Crippen LogP contribution in [-0.2, 0) is 47.9 Å². The van der Waals surface area contributed by atoms with E-state index in [1.807, 2.05) is 0 Å². The molecule has 0 heterocycles. The van der Waals surface area contributed by atoms with Gasteiger partial charge in [0.05, 0.1) is 32.2 Å². The fraction of sp³-hybridized carbons (Fsp3) is 0.667. The van der Waals surface area contributed by atoms with Crippen LogP contribution in [0.2, 0.25) is 0 Å². The fourth-order valence-electron chi connectivity index (χ4n) is 6.11. The van der Waals surface area contributed by atoms with Crippen LogP contribution < -0.4 is 88.4 Å². The smallest absolute Gasteiger partial charge is 0.326 e. The Kier molecular flexibility index (Phi) is 30.2. The SMILES string of the molecule is CC[C@H](C)[C@H](NC(=O)[C@H](CO)NC(=O)[C@H](CC(N)=O)NC(=O)[C@H](CCCN=C(N)N)NC(=O)[C@H](CCCN=C(N)N)NC(=O)CNC(=O)[C@@H](NC(=O)[C@H](CCCN=C(N)N)NC(=O)CN)[C@@H](C)O)C(=O)O. The van der Waals surface area contributed by atoms with E-state index in [9.17, 15) is 63.3 Å². The second-order valence-corrected chi connectivity index (χ2v) is 16.0. The quantitative estimate of drug-likeness (QED) is 0.0159. The topological polar surface area (TPSA) is 573 Å². The largest absolute Gasteiger partial charge is 0.480 e. The predicted molar refractivity (Wildman–Crippen MR) is 255 cm³/mol. The molecule has 0 aliphatic rings. The molecule has 0 bridgehead atoms. The normalized spacial score (nSPS) is 14.5. The lowest BCUT2D eigenvalue weighted by molar-refractivity contribution is -0.144. The van der Waals surface area contributed by atoms with Gasteiger partial charge in [0, 0.05) is 19.6 Å². The standard InChI is InChI=1S/C39H73N19O13/c1-4-18(2)28(36(70)71)57-34(68)24(17-59)56-33(67)23(14-25(41)61)55-31(65)22(10-7-13-50-39(46)47)54-30(64)20(8-5-11-48-37(42)43)53-27(63)16-51-35(69)29(19(3)60)58-32(66)21(52-26(62)15-40)9-6-12-49-38(44)45/h18-24,28-29,59-60H,4-17,40H2,1-3H3,(H2,41,61)(H,51,69)(H,52,62)(H,53,63)(H,54,64)(H,55,65)(H,56,67)(H,57,68)(H,58,66)(H,70,71)(H4,42,43,48)(H4,44,45,49)(H4,46,47,50)/t18-,19+,20-,21-,22-,23-,24-,28-,29-/m0/s1. The number of primary amides is 1. The molecule has 0 radical (unpaired) electrons. The first-order valence-electron chi connectivity index (χ1n) is 22.3. The molecule has 0 aromatic rings. The third-order valence-electron chi connectivity index (χ3n) is 10.1. The first kappa shape index (κ1) is 63.4. The highest BCUT2D eigenvalue weighted by atomic mass is 16.4. The second kappa shape index (κ2) is 33.8. The van der Waals surface area contributed by atoms with Crippen LogP contribution in [-0.4, -0.2) is 180 Å². The molecule has 0 spiro atoms. The molecule has 0 fully saturated rings. The van der Waals surface area contributed by atoms with Gasteiger partial charge in [0.2, 0.25) is 53.2 Å². The zero-order valence-corrected chi connectivity index (χ0v) is 40.0. The lowest BCUT2D eigenvalue weighted by Crippen LogP contribution is -2.60. The van der Waals surface area contributed by atoms with Gasteiger partial charge in [-0.3, -0.25) is 58.1 Å². The summed E-state index contributed by atoms with van der Waals surface area (Å²) in [4.78, 5) is 141. The van der Waals surface area contributed by atoms with Gasteiger partial charge in [-0.2, -0.15) is 0 Å². The number of rotatable bonds is 35. The molecule has 402 valence electrons. The van der Waals surface area contributed by atoms with Crippen LogP contribution in [0.15, 0.2) is 15.0 Å². The van der Waals surface area contributed by atoms with Gasteiger partial charge in [0.15, 0.2) is 17.9 Å². The molecule has 32 heteroatoms.